The van der Waals surface area contributed by atoms with Crippen molar-refractivity contribution >= 4 is 11.7 Å². The van der Waals surface area contributed by atoms with Crippen molar-refractivity contribution < 1.29 is 9.53 Å². The van der Waals surface area contributed by atoms with Gasteiger partial charge >= 0.3 is 5.97 Å². The Morgan fingerprint density at radius 2 is 2.40 bits per heavy atom. The highest BCUT2D eigenvalue weighted by Crippen LogP contribution is 2.11. The molecule has 0 amide bonds. The molecule has 1 heterocycles. The van der Waals surface area contributed by atoms with Gasteiger partial charge in [-0.2, -0.15) is 0 Å². The van der Waals surface area contributed by atoms with Crippen LogP contribution in [0.25, 0.3) is 0 Å². The summed E-state index contributed by atoms with van der Waals surface area (Å²) in [6, 6.07) is 3.32. The van der Waals surface area contributed by atoms with E-state index >= 15 is 0 Å². The number of ether oxygens (including phenoxy) is 1. The summed E-state index contributed by atoms with van der Waals surface area (Å²) in [5.41, 5.74) is 6.16. The number of nitrogens with zero attached hydrogens (tertiary/aromatic N) is 1. The number of esters is 1. The molecule has 1 rings (SSSR count). The van der Waals surface area contributed by atoms with Crippen molar-refractivity contribution in [2.75, 3.05) is 5.73 Å². The summed E-state index contributed by atoms with van der Waals surface area (Å²) in [5.74, 6) is -0.450. The molecule has 0 bridgehead atoms. The van der Waals surface area contributed by atoms with Gasteiger partial charge in [-0.05, 0) is 25.5 Å². The molecule has 1 aromatic heterocycles. The molecule has 1 aromatic rings. The largest absolute Gasteiger partial charge is 0.458 e. The number of anilines is 1. The molecule has 0 radical (unpaired) electrons. The summed E-state index contributed by atoms with van der Waals surface area (Å²) in [4.78, 5) is 15.5. The van der Waals surface area contributed by atoms with Crippen LogP contribution in [0.3, 0.4) is 0 Å². The lowest BCUT2D eigenvalue weighted by Crippen LogP contribution is -2.17. The summed E-state index contributed by atoms with van der Waals surface area (Å²) in [5, 5.41) is 0. The fourth-order valence-corrected chi connectivity index (χ4v) is 1.29. The van der Waals surface area contributed by atoms with E-state index in [1.807, 2.05) is 13.8 Å². The van der Waals surface area contributed by atoms with E-state index in [-0.39, 0.29) is 11.8 Å². The van der Waals surface area contributed by atoms with Crippen molar-refractivity contribution in [1.29, 1.82) is 0 Å². The molecule has 0 aliphatic rings. The van der Waals surface area contributed by atoms with Gasteiger partial charge in [0.15, 0.2) is 5.69 Å². The van der Waals surface area contributed by atoms with E-state index in [0.29, 0.717) is 5.69 Å². The number of pyridine rings is 1. The van der Waals surface area contributed by atoms with Gasteiger partial charge in [0.1, 0.15) is 0 Å². The highest BCUT2D eigenvalue weighted by atomic mass is 16.5. The van der Waals surface area contributed by atoms with Gasteiger partial charge in [0.25, 0.3) is 0 Å². The van der Waals surface area contributed by atoms with Gasteiger partial charge in [-0.3, -0.25) is 0 Å². The van der Waals surface area contributed by atoms with E-state index in [0.717, 1.165) is 12.8 Å². The molecule has 4 heteroatoms. The van der Waals surface area contributed by atoms with Crippen molar-refractivity contribution in [3.05, 3.63) is 24.0 Å². The number of hydrogen-bond donors (Lipinski definition) is 1. The number of nitrogens with two attached hydrogens (primary N) is 1. The van der Waals surface area contributed by atoms with E-state index in [1.54, 1.807) is 12.1 Å². The second-order valence-corrected chi connectivity index (χ2v) is 3.45. The Balaban J connectivity index is 2.65. The number of carbonyl (C=O) groups is 1. The van der Waals surface area contributed by atoms with Crippen LogP contribution in [-0.4, -0.2) is 17.1 Å². The third-order valence-electron chi connectivity index (χ3n) is 2.04. The lowest BCUT2D eigenvalue weighted by atomic mass is 10.2. The molecule has 0 spiro atoms. The van der Waals surface area contributed by atoms with Crippen molar-refractivity contribution in [3.63, 3.8) is 0 Å². The Morgan fingerprint density at radius 3 is 3.00 bits per heavy atom. The predicted octanol–water partition coefficient (Wildman–Crippen LogP) is 2.01. The zero-order valence-corrected chi connectivity index (χ0v) is 9.06. The Kier molecular flexibility index (Phi) is 4.09. The topological polar surface area (TPSA) is 65.2 Å². The maximum Gasteiger partial charge on any atom is 0.359 e. The molecule has 0 fully saturated rings. The Hall–Kier alpha value is -1.58. The van der Waals surface area contributed by atoms with E-state index < -0.39 is 5.97 Å². The smallest absolute Gasteiger partial charge is 0.359 e. The minimum absolute atomic E-state index is 0.0936. The summed E-state index contributed by atoms with van der Waals surface area (Å²) >= 11 is 0. The zero-order chi connectivity index (χ0) is 11.3. The normalized spacial score (nSPS) is 12.1. The fourth-order valence-electron chi connectivity index (χ4n) is 1.29. The minimum atomic E-state index is -0.450. The minimum Gasteiger partial charge on any atom is -0.458 e. The monoisotopic (exact) mass is 208 g/mol. The first kappa shape index (κ1) is 11.5. The van der Waals surface area contributed by atoms with Gasteiger partial charge in [0, 0.05) is 6.20 Å². The SMILES string of the molecule is CCCC(C)OC(=O)c1ncccc1N. The predicted molar refractivity (Wildman–Crippen MR) is 58.4 cm³/mol. The zero-order valence-electron chi connectivity index (χ0n) is 9.06. The molecule has 4 nitrogen and oxygen atoms in total. The first-order chi connectivity index (χ1) is 7.15. The van der Waals surface area contributed by atoms with Crippen LogP contribution in [0.1, 0.15) is 37.2 Å². The molecular formula is C11H16N2O2. The molecular weight excluding hydrogens is 192 g/mol. The van der Waals surface area contributed by atoms with Crippen LogP contribution in [0, 0.1) is 0 Å². The van der Waals surface area contributed by atoms with Gasteiger partial charge in [-0.1, -0.05) is 13.3 Å². The van der Waals surface area contributed by atoms with Crippen LogP contribution in [-0.2, 0) is 4.74 Å². The summed E-state index contributed by atoms with van der Waals surface area (Å²) < 4.78 is 5.18. The number of carbonyl (C=O) groups excluding carboxylic acids is 1. The molecule has 0 aromatic carbocycles. The van der Waals surface area contributed by atoms with Gasteiger partial charge in [-0.25, -0.2) is 9.78 Å². The molecule has 0 saturated carbocycles. The lowest BCUT2D eigenvalue weighted by Gasteiger charge is -2.12. The summed E-state index contributed by atoms with van der Waals surface area (Å²) in [6.07, 6.45) is 3.26. The molecule has 2 N–H and O–H groups in total. The third-order valence-corrected chi connectivity index (χ3v) is 2.04. The molecule has 15 heavy (non-hydrogen) atoms. The molecule has 0 aliphatic carbocycles. The number of rotatable bonds is 4. The van der Waals surface area contributed by atoms with Crippen LogP contribution < -0.4 is 5.73 Å². The van der Waals surface area contributed by atoms with Crippen molar-refractivity contribution in [2.45, 2.75) is 32.8 Å². The van der Waals surface area contributed by atoms with E-state index in [4.69, 9.17) is 10.5 Å². The Labute approximate surface area is 89.5 Å². The average molecular weight is 208 g/mol. The highest BCUT2D eigenvalue weighted by Gasteiger charge is 2.15. The summed E-state index contributed by atoms with van der Waals surface area (Å²) in [7, 11) is 0. The van der Waals surface area contributed by atoms with E-state index in [1.165, 1.54) is 6.20 Å². The standard InChI is InChI=1S/C11H16N2O2/c1-3-5-8(2)15-11(14)10-9(12)6-4-7-13-10/h4,6-8H,3,5,12H2,1-2H3. The Bertz CT molecular complexity index is 339. The van der Waals surface area contributed by atoms with Gasteiger partial charge in [-0.15, -0.1) is 0 Å². The van der Waals surface area contributed by atoms with E-state index in [9.17, 15) is 4.79 Å². The number of hydrogen-bond acceptors (Lipinski definition) is 4. The van der Waals surface area contributed by atoms with Crippen LogP contribution >= 0.6 is 0 Å². The van der Waals surface area contributed by atoms with E-state index in [2.05, 4.69) is 4.98 Å². The highest BCUT2D eigenvalue weighted by molar-refractivity contribution is 5.92. The van der Waals surface area contributed by atoms with Crippen LogP contribution in [0.5, 0.6) is 0 Å². The quantitative estimate of drug-likeness (QED) is 0.769. The molecule has 0 saturated heterocycles. The van der Waals surface area contributed by atoms with Crippen molar-refractivity contribution in [2.24, 2.45) is 0 Å². The maximum atomic E-state index is 11.6. The molecule has 1 atom stereocenters. The molecule has 82 valence electrons. The molecule has 0 aliphatic heterocycles. The first-order valence-corrected chi connectivity index (χ1v) is 5.06. The fraction of sp³-hybridized carbons (Fsp3) is 0.455. The van der Waals surface area contributed by atoms with Crippen molar-refractivity contribution in [1.82, 2.24) is 4.98 Å². The lowest BCUT2D eigenvalue weighted by molar-refractivity contribution is 0.0318. The maximum absolute atomic E-state index is 11.6. The van der Waals surface area contributed by atoms with Crippen LogP contribution in [0.4, 0.5) is 5.69 Å². The van der Waals surface area contributed by atoms with Gasteiger partial charge in [0.05, 0.1) is 11.8 Å². The average Bonchev–Trinajstić information content (AvgIpc) is 2.18. The first-order valence-electron chi connectivity index (χ1n) is 5.06. The third kappa shape index (κ3) is 3.23. The number of nitrogen functional groups attached to an aromatic ring is 1. The molecule has 1 unspecified atom stereocenters. The second-order valence-electron chi connectivity index (χ2n) is 3.45. The van der Waals surface area contributed by atoms with Crippen molar-refractivity contribution in [3.8, 4) is 0 Å². The van der Waals surface area contributed by atoms with Gasteiger partial charge in [0.2, 0.25) is 0 Å². The van der Waals surface area contributed by atoms with Crippen LogP contribution in [0.2, 0.25) is 0 Å². The summed E-state index contributed by atoms with van der Waals surface area (Å²) in [6.45, 7) is 3.90. The van der Waals surface area contributed by atoms with Gasteiger partial charge < -0.3 is 10.5 Å². The Morgan fingerprint density at radius 1 is 1.67 bits per heavy atom. The second kappa shape index (κ2) is 5.34. The number of aromatic nitrogens is 1. The van der Waals surface area contributed by atoms with Crippen LogP contribution in [0.15, 0.2) is 18.3 Å².